The minimum Gasteiger partial charge on any atom is -0.369 e. The molecule has 1 fully saturated rings. The minimum absolute atomic E-state index is 0.0871. The highest BCUT2D eigenvalue weighted by Crippen LogP contribution is 2.31. The molecular formula is C19H29N3O. The van der Waals surface area contributed by atoms with E-state index in [9.17, 15) is 4.79 Å². The molecule has 3 rings (SSSR count). The maximum atomic E-state index is 11.4. The van der Waals surface area contributed by atoms with Crippen LogP contribution in [0.3, 0.4) is 0 Å². The smallest absolute Gasteiger partial charge is 0.217 e. The van der Waals surface area contributed by atoms with Crippen LogP contribution in [0, 0.1) is 0 Å². The Morgan fingerprint density at radius 1 is 1.26 bits per heavy atom. The molecule has 0 unspecified atom stereocenters. The Balaban J connectivity index is 1.73. The monoisotopic (exact) mass is 315 g/mol. The van der Waals surface area contributed by atoms with Crippen molar-refractivity contribution in [3.8, 4) is 0 Å². The van der Waals surface area contributed by atoms with E-state index < -0.39 is 0 Å². The number of aryl methyl sites for hydroxylation is 1. The molecule has 1 aromatic rings. The van der Waals surface area contributed by atoms with Crippen LogP contribution in [0.2, 0.25) is 0 Å². The quantitative estimate of drug-likeness (QED) is 0.925. The van der Waals surface area contributed by atoms with E-state index in [1.54, 1.807) is 6.92 Å². The van der Waals surface area contributed by atoms with Gasteiger partial charge in [-0.05, 0) is 49.4 Å². The van der Waals surface area contributed by atoms with E-state index in [4.69, 9.17) is 0 Å². The number of hydrogen-bond donors (Lipinski definition) is 1. The van der Waals surface area contributed by atoms with Gasteiger partial charge in [-0.1, -0.05) is 19.1 Å². The third-order valence-electron chi connectivity index (χ3n) is 5.12. The van der Waals surface area contributed by atoms with Gasteiger partial charge in [0.2, 0.25) is 5.91 Å². The molecule has 0 aromatic heterocycles. The maximum Gasteiger partial charge on any atom is 0.217 e. The summed E-state index contributed by atoms with van der Waals surface area (Å²) < 4.78 is 0. The fraction of sp³-hybridized carbons (Fsp3) is 0.632. The van der Waals surface area contributed by atoms with E-state index in [1.165, 1.54) is 29.8 Å². The van der Waals surface area contributed by atoms with Crippen LogP contribution in [0.5, 0.6) is 0 Å². The van der Waals surface area contributed by atoms with Gasteiger partial charge in [0, 0.05) is 44.8 Å². The fourth-order valence-corrected chi connectivity index (χ4v) is 4.00. The first kappa shape index (κ1) is 16.3. The van der Waals surface area contributed by atoms with Crippen molar-refractivity contribution < 1.29 is 4.79 Å². The van der Waals surface area contributed by atoms with E-state index in [2.05, 4.69) is 40.2 Å². The Morgan fingerprint density at radius 2 is 2.04 bits per heavy atom. The number of carbonyl (C=O) groups excluding carboxylic acids is 1. The lowest BCUT2D eigenvalue weighted by Crippen LogP contribution is -2.47. The Bertz CT molecular complexity index is 550. The van der Waals surface area contributed by atoms with Gasteiger partial charge in [0.05, 0.1) is 0 Å². The number of fused-ring (bicyclic) bond motifs is 1. The van der Waals surface area contributed by atoms with Gasteiger partial charge >= 0.3 is 0 Å². The van der Waals surface area contributed by atoms with Crippen LogP contribution in [-0.2, 0) is 17.6 Å². The third kappa shape index (κ3) is 3.86. The zero-order valence-electron chi connectivity index (χ0n) is 14.5. The topological polar surface area (TPSA) is 35.6 Å². The zero-order chi connectivity index (χ0) is 16.2. The SMILES string of the molecule is CCCN1CCN(c2cccc3c2C[C@H](NC(C)=O)CC3)CC1. The number of amides is 1. The number of hydrogen-bond acceptors (Lipinski definition) is 3. The number of nitrogens with zero attached hydrogens (tertiary/aromatic N) is 2. The second-order valence-corrected chi connectivity index (χ2v) is 6.88. The normalized spacial score (nSPS) is 21.8. The zero-order valence-corrected chi connectivity index (χ0v) is 14.5. The average molecular weight is 315 g/mol. The first-order valence-corrected chi connectivity index (χ1v) is 9.02. The van der Waals surface area contributed by atoms with Gasteiger partial charge in [-0.25, -0.2) is 0 Å². The number of rotatable bonds is 4. The molecule has 1 aromatic carbocycles. The summed E-state index contributed by atoms with van der Waals surface area (Å²) in [6.07, 6.45) is 4.34. The number of carbonyl (C=O) groups is 1. The highest BCUT2D eigenvalue weighted by Gasteiger charge is 2.25. The predicted octanol–water partition coefficient (Wildman–Crippen LogP) is 2.21. The molecule has 0 radical (unpaired) electrons. The van der Waals surface area contributed by atoms with Crippen LogP contribution in [0.15, 0.2) is 18.2 Å². The van der Waals surface area contributed by atoms with E-state index >= 15 is 0 Å². The van der Waals surface area contributed by atoms with E-state index in [-0.39, 0.29) is 5.91 Å². The summed E-state index contributed by atoms with van der Waals surface area (Å²) in [6, 6.07) is 7.02. The van der Waals surface area contributed by atoms with E-state index in [0.29, 0.717) is 6.04 Å². The van der Waals surface area contributed by atoms with Gasteiger partial charge < -0.3 is 10.2 Å². The number of nitrogens with one attached hydrogen (secondary N) is 1. The van der Waals surface area contributed by atoms with Crippen LogP contribution >= 0.6 is 0 Å². The van der Waals surface area contributed by atoms with Gasteiger partial charge in [-0.3, -0.25) is 9.69 Å². The van der Waals surface area contributed by atoms with Crippen LogP contribution in [0.4, 0.5) is 5.69 Å². The largest absolute Gasteiger partial charge is 0.369 e. The number of piperazine rings is 1. The van der Waals surface area contributed by atoms with Gasteiger partial charge in [0.25, 0.3) is 0 Å². The molecule has 0 bridgehead atoms. The van der Waals surface area contributed by atoms with Crippen LogP contribution < -0.4 is 10.2 Å². The van der Waals surface area contributed by atoms with Crippen molar-refractivity contribution in [2.24, 2.45) is 0 Å². The standard InChI is InChI=1S/C19H29N3O/c1-3-9-21-10-12-22(13-11-21)19-6-4-5-16-7-8-17(14-18(16)19)20-15(2)23/h4-6,17H,3,7-14H2,1-2H3,(H,20,23)/t17-/m1/s1. The molecule has 1 atom stereocenters. The summed E-state index contributed by atoms with van der Waals surface area (Å²) in [5.41, 5.74) is 4.33. The van der Waals surface area contributed by atoms with Gasteiger partial charge in [0.1, 0.15) is 0 Å². The van der Waals surface area contributed by atoms with Crippen molar-refractivity contribution in [3.63, 3.8) is 0 Å². The Morgan fingerprint density at radius 3 is 2.74 bits per heavy atom. The molecule has 23 heavy (non-hydrogen) atoms. The van der Waals surface area contributed by atoms with Crippen molar-refractivity contribution in [3.05, 3.63) is 29.3 Å². The second kappa shape index (κ2) is 7.35. The van der Waals surface area contributed by atoms with Crippen molar-refractivity contribution in [1.82, 2.24) is 10.2 Å². The molecule has 1 aliphatic heterocycles. The molecule has 4 heteroatoms. The maximum absolute atomic E-state index is 11.4. The van der Waals surface area contributed by atoms with Crippen molar-refractivity contribution in [2.45, 2.75) is 45.6 Å². The Hall–Kier alpha value is -1.55. The van der Waals surface area contributed by atoms with E-state index in [0.717, 1.165) is 45.4 Å². The Kier molecular flexibility index (Phi) is 5.21. The highest BCUT2D eigenvalue weighted by molar-refractivity contribution is 5.73. The molecule has 1 amide bonds. The van der Waals surface area contributed by atoms with Gasteiger partial charge in [0.15, 0.2) is 0 Å². The van der Waals surface area contributed by atoms with Crippen LogP contribution in [-0.4, -0.2) is 49.6 Å². The summed E-state index contributed by atoms with van der Waals surface area (Å²) in [7, 11) is 0. The van der Waals surface area contributed by atoms with Gasteiger partial charge in [-0.15, -0.1) is 0 Å². The Labute approximate surface area is 139 Å². The molecule has 0 saturated carbocycles. The first-order chi connectivity index (χ1) is 11.2. The van der Waals surface area contributed by atoms with Crippen molar-refractivity contribution in [2.75, 3.05) is 37.6 Å². The molecule has 4 nitrogen and oxygen atoms in total. The lowest BCUT2D eigenvalue weighted by Gasteiger charge is -2.38. The van der Waals surface area contributed by atoms with Crippen molar-refractivity contribution in [1.29, 1.82) is 0 Å². The van der Waals surface area contributed by atoms with Crippen LogP contribution in [0.1, 0.15) is 37.8 Å². The molecule has 1 heterocycles. The third-order valence-corrected chi connectivity index (χ3v) is 5.12. The molecule has 1 aliphatic carbocycles. The molecule has 1 N–H and O–H groups in total. The number of anilines is 1. The summed E-state index contributed by atoms with van der Waals surface area (Å²) in [4.78, 5) is 16.5. The van der Waals surface area contributed by atoms with Crippen molar-refractivity contribution >= 4 is 11.6 Å². The predicted molar refractivity (Wildman–Crippen MR) is 95.0 cm³/mol. The highest BCUT2D eigenvalue weighted by atomic mass is 16.1. The van der Waals surface area contributed by atoms with Crippen LogP contribution in [0.25, 0.3) is 0 Å². The molecule has 126 valence electrons. The second-order valence-electron chi connectivity index (χ2n) is 6.88. The lowest BCUT2D eigenvalue weighted by molar-refractivity contribution is -0.119. The molecule has 2 aliphatic rings. The minimum atomic E-state index is 0.0871. The molecule has 0 spiro atoms. The lowest BCUT2D eigenvalue weighted by atomic mass is 9.86. The summed E-state index contributed by atoms with van der Waals surface area (Å²) >= 11 is 0. The van der Waals surface area contributed by atoms with Gasteiger partial charge in [-0.2, -0.15) is 0 Å². The summed E-state index contributed by atoms with van der Waals surface area (Å²) in [6.45, 7) is 9.63. The summed E-state index contributed by atoms with van der Waals surface area (Å²) in [5, 5.41) is 3.11. The molecular weight excluding hydrogens is 286 g/mol. The first-order valence-electron chi connectivity index (χ1n) is 9.02. The summed E-state index contributed by atoms with van der Waals surface area (Å²) in [5.74, 6) is 0.0871. The molecule has 1 saturated heterocycles. The average Bonchev–Trinajstić information content (AvgIpc) is 2.55. The number of benzene rings is 1. The fourth-order valence-electron chi connectivity index (χ4n) is 4.00. The van der Waals surface area contributed by atoms with E-state index in [1.807, 2.05) is 0 Å².